The Morgan fingerprint density at radius 3 is 1.00 bits per heavy atom. The molecule has 1 fully saturated rings. The van der Waals surface area contributed by atoms with Crippen LogP contribution in [-0.2, 0) is 14.3 Å². The molecular weight excluding hydrogens is 887 g/mol. The van der Waals surface area contributed by atoms with Gasteiger partial charge in [-0.15, -0.1) is 0 Å². The van der Waals surface area contributed by atoms with Gasteiger partial charge in [0.1, 0.15) is 24.4 Å². The Balaban J connectivity index is 1.90. The lowest BCUT2D eigenvalue weighted by atomic mass is 9.99. The van der Waals surface area contributed by atoms with E-state index >= 15 is 0 Å². The van der Waals surface area contributed by atoms with Crippen LogP contribution in [0.4, 0.5) is 0 Å². The number of hydrogen-bond acceptors (Lipinski definition) is 8. The first-order chi connectivity index (χ1) is 34.8. The highest BCUT2D eigenvalue weighted by molar-refractivity contribution is 5.76. The summed E-state index contributed by atoms with van der Waals surface area (Å²) >= 11 is 0. The predicted octanol–water partition coefficient (Wildman–Crippen LogP) is 16.2. The van der Waals surface area contributed by atoms with E-state index in [1.165, 1.54) is 270 Å². The lowest BCUT2D eigenvalue weighted by Gasteiger charge is -2.40. The summed E-state index contributed by atoms with van der Waals surface area (Å²) in [5.74, 6) is -0.141. The Morgan fingerprint density at radius 2 is 0.704 bits per heavy atom. The number of aliphatic hydroxyl groups excluding tert-OH is 5. The molecule has 0 bridgehead atoms. The summed E-state index contributed by atoms with van der Waals surface area (Å²) in [6.07, 6.45) is 58.1. The third-order valence-electron chi connectivity index (χ3n) is 15.7. The summed E-state index contributed by atoms with van der Waals surface area (Å²) in [5.41, 5.74) is 0. The minimum atomic E-state index is -1.55. The van der Waals surface area contributed by atoms with E-state index in [9.17, 15) is 30.3 Å². The van der Waals surface area contributed by atoms with Gasteiger partial charge in [0.25, 0.3) is 0 Å². The second kappa shape index (κ2) is 52.6. The molecule has 1 amide bonds. The first-order valence-corrected chi connectivity index (χ1v) is 31.7. The van der Waals surface area contributed by atoms with Gasteiger partial charge < -0.3 is 40.3 Å². The summed E-state index contributed by atoms with van der Waals surface area (Å²) in [4.78, 5) is 13.0. The molecule has 1 heterocycles. The van der Waals surface area contributed by atoms with E-state index in [4.69, 9.17) is 9.47 Å². The summed E-state index contributed by atoms with van der Waals surface area (Å²) in [7, 11) is 0. The summed E-state index contributed by atoms with van der Waals surface area (Å²) in [5, 5.41) is 54.3. The Kier molecular flexibility index (Phi) is 50.6. The van der Waals surface area contributed by atoms with Crippen LogP contribution in [0.25, 0.3) is 0 Å². The molecule has 424 valence electrons. The molecule has 6 N–H and O–H groups in total. The van der Waals surface area contributed by atoms with E-state index in [0.717, 1.165) is 38.5 Å². The van der Waals surface area contributed by atoms with Crippen molar-refractivity contribution in [3.05, 3.63) is 0 Å². The molecule has 7 atom stereocenters. The van der Waals surface area contributed by atoms with Crippen molar-refractivity contribution >= 4 is 5.91 Å². The van der Waals surface area contributed by atoms with Crippen LogP contribution in [0.2, 0.25) is 0 Å². The second-order valence-electron chi connectivity index (χ2n) is 22.6. The van der Waals surface area contributed by atoms with Gasteiger partial charge in [-0.25, -0.2) is 0 Å². The minimum Gasteiger partial charge on any atom is -0.394 e. The molecular formula is C62H123NO8. The number of hydrogen-bond donors (Lipinski definition) is 6. The Hall–Kier alpha value is -0.810. The average molecular weight is 1010 g/mol. The molecule has 0 spiro atoms. The van der Waals surface area contributed by atoms with Crippen molar-refractivity contribution in [2.45, 2.75) is 378 Å². The fraction of sp³-hybridized carbons (Fsp3) is 0.984. The van der Waals surface area contributed by atoms with Gasteiger partial charge in [0, 0.05) is 6.42 Å². The van der Waals surface area contributed by atoms with Crippen LogP contribution < -0.4 is 5.32 Å². The number of ether oxygens (including phenoxy) is 2. The number of carbonyl (C=O) groups is 1. The highest BCUT2D eigenvalue weighted by Gasteiger charge is 2.44. The molecule has 9 nitrogen and oxygen atoms in total. The molecule has 0 radical (unpaired) electrons. The van der Waals surface area contributed by atoms with Crippen LogP contribution in [0.15, 0.2) is 0 Å². The molecule has 0 aromatic carbocycles. The maximum absolute atomic E-state index is 13.0. The standard InChI is InChI=1S/C62H123NO8/c1-3-5-7-9-11-12-13-14-15-16-17-18-19-20-21-22-23-24-25-26-27-28-29-30-31-32-33-34-35-36-37-38-39-40-41-42-43-44-46-48-50-52-58(66)63-55(56(65)51-49-47-45-10-8-6-4-2)54-70-62-61(69)60(68)59(67)57(53-64)71-62/h55-57,59-62,64-65,67-69H,3-54H2,1-2H3,(H,63,66). The predicted molar refractivity (Wildman–Crippen MR) is 300 cm³/mol. The van der Waals surface area contributed by atoms with Crippen molar-refractivity contribution in [2.75, 3.05) is 13.2 Å². The van der Waals surface area contributed by atoms with Crippen LogP contribution in [0.5, 0.6) is 0 Å². The van der Waals surface area contributed by atoms with Crippen molar-refractivity contribution in [3.8, 4) is 0 Å². The van der Waals surface area contributed by atoms with E-state index in [0.29, 0.717) is 12.8 Å². The van der Waals surface area contributed by atoms with Gasteiger partial charge in [-0.1, -0.05) is 316 Å². The molecule has 1 saturated heterocycles. The second-order valence-corrected chi connectivity index (χ2v) is 22.6. The monoisotopic (exact) mass is 1010 g/mol. The van der Waals surface area contributed by atoms with Gasteiger partial charge in [-0.05, 0) is 12.8 Å². The van der Waals surface area contributed by atoms with E-state index in [-0.39, 0.29) is 12.5 Å². The number of amides is 1. The molecule has 9 heteroatoms. The maximum Gasteiger partial charge on any atom is 0.220 e. The van der Waals surface area contributed by atoms with Gasteiger partial charge in [-0.3, -0.25) is 4.79 Å². The van der Waals surface area contributed by atoms with Crippen molar-refractivity contribution in [2.24, 2.45) is 0 Å². The van der Waals surface area contributed by atoms with E-state index < -0.39 is 49.5 Å². The Morgan fingerprint density at radius 1 is 0.423 bits per heavy atom. The molecule has 1 aliphatic rings. The molecule has 71 heavy (non-hydrogen) atoms. The van der Waals surface area contributed by atoms with Gasteiger partial charge in [0.2, 0.25) is 5.91 Å². The normalized spacial score (nSPS) is 19.1. The highest BCUT2D eigenvalue weighted by Crippen LogP contribution is 2.24. The largest absolute Gasteiger partial charge is 0.394 e. The SMILES string of the molecule is CCCCCCCCCCCCCCCCCCCCCCCCCCCCCCCCCCCCCCCCCCCC(=O)NC(COC1OC(CO)C(O)C(O)C1O)C(O)CCCCCCCCC. The number of carbonyl (C=O) groups excluding carboxylic acids is 1. The Bertz CT molecular complexity index is 1080. The number of rotatable bonds is 56. The Labute approximate surface area is 440 Å². The van der Waals surface area contributed by atoms with Crippen LogP contribution in [-0.4, -0.2) is 87.5 Å². The third-order valence-corrected chi connectivity index (χ3v) is 15.7. The fourth-order valence-corrected chi connectivity index (χ4v) is 10.7. The zero-order valence-corrected chi connectivity index (χ0v) is 47.3. The van der Waals surface area contributed by atoms with Gasteiger partial charge in [0.15, 0.2) is 6.29 Å². The van der Waals surface area contributed by atoms with Crippen molar-refractivity contribution < 1.29 is 39.8 Å². The highest BCUT2D eigenvalue weighted by atomic mass is 16.7. The van der Waals surface area contributed by atoms with Crippen molar-refractivity contribution in [1.82, 2.24) is 5.32 Å². The molecule has 1 rings (SSSR count). The zero-order chi connectivity index (χ0) is 51.5. The number of unbranched alkanes of at least 4 members (excludes halogenated alkanes) is 46. The van der Waals surface area contributed by atoms with E-state index in [1.807, 2.05) is 0 Å². The van der Waals surface area contributed by atoms with Gasteiger partial charge >= 0.3 is 0 Å². The molecule has 0 aromatic rings. The smallest absolute Gasteiger partial charge is 0.220 e. The molecule has 7 unspecified atom stereocenters. The lowest BCUT2D eigenvalue weighted by Crippen LogP contribution is -2.60. The minimum absolute atomic E-state index is 0.133. The van der Waals surface area contributed by atoms with Gasteiger partial charge in [-0.2, -0.15) is 0 Å². The quantitative estimate of drug-likeness (QED) is 0.0330. The van der Waals surface area contributed by atoms with E-state index in [2.05, 4.69) is 19.2 Å². The first-order valence-electron chi connectivity index (χ1n) is 31.7. The van der Waals surface area contributed by atoms with Crippen LogP contribution >= 0.6 is 0 Å². The van der Waals surface area contributed by atoms with Crippen LogP contribution in [0, 0.1) is 0 Å². The molecule has 0 saturated carbocycles. The number of nitrogens with one attached hydrogen (secondary N) is 1. The lowest BCUT2D eigenvalue weighted by molar-refractivity contribution is -0.302. The van der Waals surface area contributed by atoms with E-state index in [1.54, 1.807) is 0 Å². The topological polar surface area (TPSA) is 149 Å². The van der Waals surface area contributed by atoms with Crippen LogP contribution in [0.1, 0.15) is 335 Å². The molecule has 0 aromatic heterocycles. The average Bonchev–Trinajstić information content (AvgIpc) is 3.37. The maximum atomic E-state index is 13.0. The van der Waals surface area contributed by atoms with Crippen molar-refractivity contribution in [3.63, 3.8) is 0 Å². The molecule has 0 aliphatic carbocycles. The number of aliphatic hydroxyl groups is 5. The van der Waals surface area contributed by atoms with Crippen molar-refractivity contribution in [1.29, 1.82) is 0 Å². The summed E-state index contributed by atoms with van der Waals surface area (Å²) in [6, 6.07) is -0.711. The first kappa shape index (κ1) is 68.2. The van der Waals surface area contributed by atoms with Crippen LogP contribution in [0.3, 0.4) is 0 Å². The molecule has 1 aliphatic heterocycles. The summed E-state index contributed by atoms with van der Waals surface area (Å²) in [6.45, 7) is 3.82. The zero-order valence-electron chi connectivity index (χ0n) is 47.3. The summed E-state index contributed by atoms with van der Waals surface area (Å²) < 4.78 is 11.2. The third kappa shape index (κ3) is 42.0. The fourth-order valence-electron chi connectivity index (χ4n) is 10.7. The van der Waals surface area contributed by atoms with Gasteiger partial charge in [0.05, 0.1) is 25.4 Å².